The minimum Gasteiger partial charge on any atom is -0.508 e. The Morgan fingerprint density at radius 1 is 1.00 bits per heavy atom. The molecule has 0 unspecified atom stereocenters. The van der Waals surface area contributed by atoms with Crippen LogP contribution in [0.15, 0.2) is 48.5 Å². The van der Waals surface area contributed by atoms with Gasteiger partial charge in [-0.05, 0) is 43.2 Å². The van der Waals surface area contributed by atoms with E-state index in [4.69, 9.17) is 0 Å². The van der Waals surface area contributed by atoms with Gasteiger partial charge >= 0.3 is 0 Å². The van der Waals surface area contributed by atoms with E-state index in [1.807, 2.05) is 17.0 Å². The highest BCUT2D eigenvalue weighted by molar-refractivity contribution is 5.94. The van der Waals surface area contributed by atoms with Crippen LogP contribution in [0.5, 0.6) is 5.75 Å². The standard InChI is InChI=1S/C22H26FN3O2/c23-20-8-1-2-9-21(20)25-13-11-24(12-14-25)18-6-4-10-26(16-18)22(28)17-5-3-7-19(27)15-17/h1-3,5,7-9,15,18,27H,4,6,10-14,16H2/t18-/m1/s1. The second kappa shape index (κ2) is 8.19. The third kappa shape index (κ3) is 3.97. The van der Waals surface area contributed by atoms with Crippen molar-refractivity contribution in [2.45, 2.75) is 18.9 Å². The number of carbonyl (C=O) groups excluding carboxylic acids is 1. The number of nitrogens with zero attached hydrogens (tertiary/aromatic N) is 3. The number of para-hydroxylation sites is 1. The third-order valence-electron chi connectivity index (χ3n) is 5.80. The van der Waals surface area contributed by atoms with E-state index in [-0.39, 0.29) is 17.5 Å². The van der Waals surface area contributed by atoms with E-state index >= 15 is 0 Å². The summed E-state index contributed by atoms with van der Waals surface area (Å²) in [7, 11) is 0. The van der Waals surface area contributed by atoms with Gasteiger partial charge in [0.2, 0.25) is 0 Å². The summed E-state index contributed by atoms with van der Waals surface area (Å²) in [6.45, 7) is 4.77. The van der Waals surface area contributed by atoms with Gasteiger partial charge in [0.05, 0.1) is 5.69 Å². The molecule has 1 amide bonds. The molecule has 2 aliphatic heterocycles. The average molecular weight is 383 g/mol. The number of aromatic hydroxyl groups is 1. The molecule has 6 heteroatoms. The summed E-state index contributed by atoms with van der Waals surface area (Å²) >= 11 is 0. The van der Waals surface area contributed by atoms with Crippen molar-refractivity contribution in [3.63, 3.8) is 0 Å². The van der Waals surface area contributed by atoms with E-state index < -0.39 is 0 Å². The number of benzene rings is 2. The molecule has 0 spiro atoms. The van der Waals surface area contributed by atoms with Crippen molar-refractivity contribution >= 4 is 11.6 Å². The SMILES string of the molecule is O=C(c1cccc(O)c1)N1CCC[C@@H](N2CCN(c3ccccc3F)CC2)C1. The number of piperidine rings is 1. The van der Waals surface area contributed by atoms with Crippen LogP contribution < -0.4 is 4.90 Å². The first-order valence-electron chi connectivity index (χ1n) is 9.93. The van der Waals surface area contributed by atoms with E-state index in [1.165, 1.54) is 12.1 Å². The van der Waals surface area contributed by atoms with Gasteiger partial charge in [-0.15, -0.1) is 0 Å². The lowest BCUT2D eigenvalue weighted by molar-refractivity contribution is 0.0563. The van der Waals surface area contributed by atoms with Crippen molar-refractivity contribution in [1.82, 2.24) is 9.80 Å². The summed E-state index contributed by atoms with van der Waals surface area (Å²) in [6, 6.07) is 13.8. The van der Waals surface area contributed by atoms with Gasteiger partial charge in [0.25, 0.3) is 5.91 Å². The fourth-order valence-corrected chi connectivity index (χ4v) is 4.29. The first-order valence-corrected chi connectivity index (χ1v) is 9.93. The lowest BCUT2D eigenvalue weighted by atomic mass is 10.0. The molecule has 1 atom stereocenters. The summed E-state index contributed by atoms with van der Waals surface area (Å²) in [4.78, 5) is 19.2. The number of hydrogen-bond donors (Lipinski definition) is 1. The minimum absolute atomic E-state index is 0.0226. The summed E-state index contributed by atoms with van der Waals surface area (Å²) < 4.78 is 14.0. The molecule has 0 aromatic heterocycles. The van der Waals surface area contributed by atoms with Gasteiger partial charge in [0.1, 0.15) is 11.6 Å². The maximum Gasteiger partial charge on any atom is 0.254 e. The van der Waals surface area contributed by atoms with E-state index in [1.54, 1.807) is 24.3 Å². The Morgan fingerprint density at radius 3 is 2.54 bits per heavy atom. The quantitative estimate of drug-likeness (QED) is 0.885. The first-order chi connectivity index (χ1) is 13.6. The molecule has 2 aliphatic rings. The van der Waals surface area contributed by atoms with Crippen molar-refractivity contribution < 1.29 is 14.3 Å². The van der Waals surface area contributed by atoms with Gasteiger partial charge in [0.15, 0.2) is 0 Å². The maximum absolute atomic E-state index is 14.0. The Bertz CT molecular complexity index is 836. The summed E-state index contributed by atoms with van der Waals surface area (Å²) in [5, 5.41) is 9.64. The zero-order valence-corrected chi connectivity index (χ0v) is 15.9. The molecule has 2 aromatic rings. The first kappa shape index (κ1) is 18.7. The highest BCUT2D eigenvalue weighted by Crippen LogP contribution is 2.24. The second-order valence-electron chi connectivity index (χ2n) is 7.57. The molecular weight excluding hydrogens is 357 g/mol. The van der Waals surface area contributed by atoms with Gasteiger partial charge in [-0.2, -0.15) is 0 Å². The molecule has 5 nitrogen and oxygen atoms in total. The molecule has 4 rings (SSSR count). The number of anilines is 1. The van der Waals surface area contributed by atoms with Crippen LogP contribution in [-0.2, 0) is 0 Å². The van der Waals surface area contributed by atoms with Crippen molar-refractivity contribution in [2.75, 3.05) is 44.2 Å². The molecule has 0 saturated carbocycles. The Morgan fingerprint density at radius 2 is 1.79 bits per heavy atom. The van der Waals surface area contributed by atoms with Crippen LogP contribution in [0.3, 0.4) is 0 Å². The van der Waals surface area contributed by atoms with Crippen molar-refractivity contribution in [1.29, 1.82) is 0 Å². The molecule has 2 heterocycles. The van der Waals surface area contributed by atoms with E-state index in [0.717, 1.165) is 45.6 Å². The number of likely N-dealkylation sites (tertiary alicyclic amines) is 1. The number of phenolic OH excluding ortho intramolecular Hbond substituents is 1. The Hall–Kier alpha value is -2.60. The van der Waals surface area contributed by atoms with Crippen molar-refractivity contribution in [3.8, 4) is 5.75 Å². The third-order valence-corrected chi connectivity index (χ3v) is 5.80. The van der Waals surface area contributed by atoms with Crippen LogP contribution in [0, 0.1) is 5.82 Å². The van der Waals surface area contributed by atoms with E-state index in [0.29, 0.717) is 23.8 Å². The Balaban J connectivity index is 1.37. The normalized spacial score (nSPS) is 21.0. The zero-order valence-electron chi connectivity index (χ0n) is 15.9. The predicted molar refractivity (Wildman–Crippen MR) is 107 cm³/mol. The fourth-order valence-electron chi connectivity index (χ4n) is 4.29. The van der Waals surface area contributed by atoms with Gasteiger partial charge in [-0.25, -0.2) is 4.39 Å². The number of amides is 1. The van der Waals surface area contributed by atoms with Crippen LogP contribution in [0.4, 0.5) is 10.1 Å². The molecule has 2 fully saturated rings. The molecule has 2 saturated heterocycles. The van der Waals surface area contributed by atoms with Crippen LogP contribution in [0.25, 0.3) is 0 Å². The number of rotatable bonds is 3. The van der Waals surface area contributed by atoms with Crippen LogP contribution >= 0.6 is 0 Å². The number of piperazine rings is 1. The van der Waals surface area contributed by atoms with E-state index in [2.05, 4.69) is 9.80 Å². The largest absolute Gasteiger partial charge is 0.508 e. The lowest BCUT2D eigenvalue weighted by Crippen LogP contribution is -2.56. The molecule has 0 bridgehead atoms. The molecule has 0 radical (unpaired) electrons. The number of halogens is 1. The van der Waals surface area contributed by atoms with E-state index in [9.17, 15) is 14.3 Å². The highest BCUT2D eigenvalue weighted by Gasteiger charge is 2.30. The van der Waals surface area contributed by atoms with Gasteiger partial charge in [-0.3, -0.25) is 9.69 Å². The summed E-state index contributed by atoms with van der Waals surface area (Å²) in [6.07, 6.45) is 2.05. The summed E-state index contributed by atoms with van der Waals surface area (Å²) in [5.74, 6) is -0.0780. The zero-order chi connectivity index (χ0) is 19.5. The second-order valence-corrected chi connectivity index (χ2v) is 7.57. The topological polar surface area (TPSA) is 47.0 Å². The number of carbonyl (C=O) groups is 1. The fraction of sp³-hybridized carbons (Fsp3) is 0.409. The Labute approximate surface area is 165 Å². The number of hydrogen-bond acceptors (Lipinski definition) is 4. The van der Waals surface area contributed by atoms with Gasteiger partial charge in [-0.1, -0.05) is 18.2 Å². The molecule has 0 aliphatic carbocycles. The van der Waals surface area contributed by atoms with Crippen LogP contribution in [0.1, 0.15) is 23.2 Å². The molecular formula is C22H26FN3O2. The monoisotopic (exact) mass is 383 g/mol. The minimum atomic E-state index is -0.170. The van der Waals surface area contributed by atoms with Crippen molar-refractivity contribution in [3.05, 3.63) is 59.9 Å². The highest BCUT2D eigenvalue weighted by atomic mass is 19.1. The Kier molecular flexibility index (Phi) is 5.48. The average Bonchev–Trinajstić information content (AvgIpc) is 2.74. The smallest absolute Gasteiger partial charge is 0.254 e. The molecule has 1 N–H and O–H groups in total. The lowest BCUT2D eigenvalue weighted by Gasteiger charge is -2.44. The molecule has 28 heavy (non-hydrogen) atoms. The van der Waals surface area contributed by atoms with Gasteiger partial charge < -0.3 is 14.9 Å². The predicted octanol–water partition coefficient (Wildman–Crippen LogP) is 2.96. The van der Waals surface area contributed by atoms with Crippen molar-refractivity contribution in [2.24, 2.45) is 0 Å². The summed E-state index contributed by atoms with van der Waals surface area (Å²) in [5.41, 5.74) is 1.21. The molecule has 2 aromatic carbocycles. The maximum atomic E-state index is 14.0. The van der Waals surface area contributed by atoms with Crippen LogP contribution in [0.2, 0.25) is 0 Å². The molecule has 148 valence electrons. The van der Waals surface area contributed by atoms with Gasteiger partial charge in [0, 0.05) is 50.9 Å². The number of phenols is 1. The van der Waals surface area contributed by atoms with Crippen LogP contribution in [-0.4, -0.2) is 66.1 Å².